The van der Waals surface area contributed by atoms with Crippen LogP contribution in [0.25, 0.3) is 0 Å². The molecule has 0 aromatic heterocycles. The third-order valence-corrected chi connectivity index (χ3v) is 3.23. The van der Waals surface area contributed by atoms with Crippen LogP contribution in [0.4, 0.5) is 0 Å². The molecule has 72 valence electrons. The number of ether oxygens (including phenoxy) is 1. The van der Waals surface area contributed by atoms with Crippen molar-refractivity contribution in [3.05, 3.63) is 0 Å². The molecule has 1 rings (SSSR count). The average molecular weight is 171 g/mol. The summed E-state index contributed by atoms with van der Waals surface area (Å²) in [4.78, 5) is 0. The molecule has 0 aromatic rings. The second-order valence-corrected chi connectivity index (χ2v) is 4.26. The monoisotopic (exact) mass is 171 g/mol. The third kappa shape index (κ3) is 1.80. The highest BCUT2D eigenvalue weighted by Crippen LogP contribution is 2.36. The smallest absolute Gasteiger partial charge is 0.0828 e. The second kappa shape index (κ2) is 3.75. The van der Waals surface area contributed by atoms with Gasteiger partial charge in [0.25, 0.3) is 0 Å². The van der Waals surface area contributed by atoms with E-state index in [1.54, 1.807) is 7.11 Å². The summed E-state index contributed by atoms with van der Waals surface area (Å²) in [5.41, 5.74) is 5.92. The molecule has 0 aromatic carbocycles. The van der Waals surface area contributed by atoms with Crippen LogP contribution >= 0.6 is 0 Å². The van der Waals surface area contributed by atoms with E-state index in [0.717, 1.165) is 18.8 Å². The Morgan fingerprint density at radius 1 is 1.58 bits per heavy atom. The largest absolute Gasteiger partial charge is 0.377 e. The molecule has 0 amide bonds. The first kappa shape index (κ1) is 10.0. The van der Waals surface area contributed by atoms with Gasteiger partial charge in [-0.15, -0.1) is 0 Å². The fourth-order valence-electron chi connectivity index (χ4n) is 2.33. The molecular formula is C10H21NO. The fourth-order valence-corrected chi connectivity index (χ4v) is 2.33. The number of hydrogen-bond donors (Lipinski definition) is 1. The van der Waals surface area contributed by atoms with Crippen LogP contribution in [0.3, 0.4) is 0 Å². The maximum absolute atomic E-state index is 5.95. The first-order chi connectivity index (χ1) is 5.60. The molecule has 1 aliphatic rings. The molecule has 2 N–H and O–H groups in total. The van der Waals surface area contributed by atoms with Crippen LogP contribution in [0.2, 0.25) is 0 Å². The Morgan fingerprint density at radius 2 is 2.25 bits per heavy atom. The lowest BCUT2D eigenvalue weighted by atomic mass is 9.75. The zero-order valence-corrected chi connectivity index (χ0v) is 8.47. The van der Waals surface area contributed by atoms with Crippen molar-refractivity contribution in [3.8, 4) is 0 Å². The second-order valence-electron chi connectivity index (χ2n) is 4.26. The summed E-state index contributed by atoms with van der Waals surface area (Å²) in [7, 11) is 1.79. The van der Waals surface area contributed by atoms with Crippen molar-refractivity contribution in [2.45, 2.75) is 51.2 Å². The molecule has 2 heteroatoms. The summed E-state index contributed by atoms with van der Waals surface area (Å²) in [5, 5.41) is 0. The van der Waals surface area contributed by atoms with E-state index in [9.17, 15) is 0 Å². The molecule has 1 fully saturated rings. The van der Waals surface area contributed by atoms with Gasteiger partial charge in [0.15, 0.2) is 0 Å². The minimum Gasteiger partial charge on any atom is -0.377 e. The molecule has 12 heavy (non-hydrogen) atoms. The van der Waals surface area contributed by atoms with Crippen molar-refractivity contribution < 1.29 is 4.74 Å². The first-order valence-electron chi connectivity index (χ1n) is 4.91. The van der Waals surface area contributed by atoms with Gasteiger partial charge in [0.2, 0.25) is 0 Å². The lowest BCUT2D eigenvalue weighted by Crippen LogP contribution is -2.50. The molecule has 0 aliphatic heterocycles. The normalized spacial score (nSPS) is 39.5. The number of methoxy groups -OCH3 is 1. The summed E-state index contributed by atoms with van der Waals surface area (Å²) < 4.78 is 5.59. The zero-order chi connectivity index (χ0) is 9.19. The highest BCUT2D eigenvalue weighted by molar-refractivity contribution is 4.92. The van der Waals surface area contributed by atoms with E-state index < -0.39 is 0 Å². The zero-order valence-electron chi connectivity index (χ0n) is 8.47. The molecule has 0 spiro atoms. The van der Waals surface area contributed by atoms with Crippen molar-refractivity contribution in [2.24, 2.45) is 11.7 Å². The van der Waals surface area contributed by atoms with E-state index in [1.807, 2.05) is 0 Å². The van der Waals surface area contributed by atoms with Crippen LogP contribution in [0.15, 0.2) is 0 Å². The van der Waals surface area contributed by atoms with Gasteiger partial charge in [-0.25, -0.2) is 0 Å². The Balaban J connectivity index is 2.64. The topological polar surface area (TPSA) is 35.2 Å². The molecule has 1 saturated carbocycles. The van der Waals surface area contributed by atoms with Crippen molar-refractivity contribution in [3.63, 3.8) is 0 Å². The minimum atomic E-state index is -0.0301. The summed E-state index contributed by atoms with van der Waals surface area (Å²) in [5.74, 6) is 0.768. The van der Waals surface area contributed by atoms with Gasteiger partial charge in [0.05, 0.1) is 5.60 Å². The highest BCUT2D eigenvalue weighted by atomic mass is 16.5. The van der Waals surface area contributed by atoms with Gasteiger partial charge in [-0.2, -0.15) is 0 Å². The van der Waals surface area contributed by atoms with Crippen LogP contribution in [-0.2, 0) is 4.74 Å². The number of nitrogens with two attached hydrogens (primary N) is 1. The Bertz CT molecular complexity index is 147. The number of rotatable bonds is 2. The van der Waals surface area contributed by atoms with E-state index in [-0.39, 0.29) is 11.6 Å². The Kier molecular flexibility index (Phi) is 3.13. The summed E-state index contributed by atoms with van der Waals surface area (Å²) in [6.45, 7) is 4.34. The maximum atomic E-state index is 5.95. The molecular weight excluding hydrogens is 150 g/mol. The van der Waals surface area contributed by atoms with Gasteiger partial charge in [-0.3, -0.25) is 0 Å². The quantitative estimate of drug-likeness (QED) is 0.689. The summed E-state index contributed by atoms with van der Waals surface area (Å²) in [6, 6.07) is 0.158. The molecule has 1 aliphatic carbocycles. The van der Waals surface area contributed by atoms with Gasteiger partial charge < -0.3 is 10.5 Å². The molecule has 2 nitrogen and oxygen atoms in total. The average Bonchev–Trinajstić information content (AvgIpc) is 2.04. The molecule has 0 bridgehead atoms. The minimum absolute atomic E-state index is 0.0301. The predicted octanol–water partition coefficient (Wildman–Crippen LogP) is 1.93. The third-order valence-electron chi connectivity index (χ3n) is 3.23. The molecule has 0 heterocycles. The Labute approximate surface area is 75.5 Å². The predicted molar refractivity (Wildman–Crippen MR) is 51.0 cm³/mol. The van der Waals surface area contributed by atoms with Crippen LogP contribution in [-0.4, -0.2) is 18.8 Å². The Morgan fingerprint density at radius 3 is 2.58 bits per heavy atom. The van der Waals surface area contributed by atoms with Crippen molar-refractivity contribution in [1.29, 1.82) is 0 Å². The SMILES string of the molecule is COC1([C@H](C)N)CCCC(C)C1. The van der Waals surface area contributed by atoms with Crippen LogP contribution in [0.5, 0.6) is 0 Å². The van der Waals surface area contributed by atoms with Gasteiger partial charge in [0, 0.05) is 13.2 Å². The Hall–Kier alpha value is -0.0800. The van der Waals surface area contributed by atoms with E-state index in [0.29, 0.717) is 0 Å². The number of hydrogen-bond acceptors (Lipinski definition) is 2. The highest BCUT2D eigenvalue weighted by Gasteiger charge is 2.37. The maximum Gasteiger partial charge on any atom is 0.0828 e. The van der Waals surface area contributed by atoms with E-state index in [2.05, 4.69) is 13.8 Å². The molecule has 0 radical (unpaired) electrons. The van der Waals surface area contributed by atoms with Gasteiger partial charge in [0.1, 0.15) is 0 Å². The summed E-state index contributed by atoms with van der Waals surface area (Å²) in [6.07, 6.45) is 4.85. The van der Waals surface area contributed by atoms with Crippen molar-refractivity contribution in [2.75, 3.05) is 7.11 Å². The van der Waals surface area contributed by atoms with E-state index in [1.165, 1.54) is 12.8 Å². The van der Waals surface area contributed by atoms with Crippen LogP contribution in [0, 0.1) is 5.92 Å². The molecule has 0 saturated heterocycles. The van der Waals surface area contributed by atoms with Gasteiger partial charge in [-0.1, -0.05) is 19.8 Å². The molecule has 2 unspecified atom stereocenters. The van der Waals surface area contributed by atoms with Crippen molar-refractivity contribution >= 4 is 0 Å². The van der Waals surface area contributed by atoms with E-state index >= 15 is 0 Å². The lowest BCUT2D eigenvalue weighted by Gasteiger charge is -2.41. The first-order valence-corrected chi connectivity index (χ1v) is 4.91. The lowest BCUT2D eigenvalue weighted by molar-refractivity contribution is -0.0667. The standard InChI is InChI=1S/C10H21NO/c1-8-5-4-6-10(7-8,12-3)9(2)11/h8-9H,4-7,11H2,1-3H3/t8?,9-,10?/m0/s1. The molecule has 3 atom stereocenters. The van der Waals surface area contributed by atoms with Gasteiger partial charge in [-0.05, 0) is 25.7 Å². The fraction of sp³-hybridized carbons (Fsp3) is 1.00. The van der Waals surface area contributed by atoms with Crippen LogP contribution in [0.1, 0.15) is 39.5 Å². The van der Waals surface area contributed by atoms with E-state index in [4.69, 9.17) is 10.5 Å². The van der Waals surface area contributed by atoms with Crippen molar-refractivity contribution in [1.82, 2.24) is 0 Å². The van der Waals surface area contributed by atoms with Gasteiger partial charge >= 0.3 is 0 Å². The summed E-state index contributed by atoms with van der Waals surface area (Å²) >= 11 is 0. The van der Waals surface area contributed by atoms with Crippen LogP contribution < -0.4 is 5.73 Å².